The van der Waals surface area contributed by atoms with Gasteiger partial charge in [-0.1, -0.05) is 0 Å². The van der Waals surface area contributed by atoms with E-state index in [1.165, 1.54) is 19.4 Å². The second-order valence-corrected chi connectivity index (χ2v) is 3.19. The molecule has 0 bridgehead atoms. The van der Waals surface area contributed by atoms with Crippen molar-refractivity contribution in [3.63, 3.8) is 0 Å². The highest BCUT2D eigenvalue weighted by Crippen LogP contribution is 2.06. The molecule has 1 aliphatic heterocycles. The summed E-state index contributed by atoms with van der Waals surface area (Å²) >= 11 is 0. The van der Waals surface area contributed by atoms with Crippen molar-refractivity contribution < 1.29 is 0 Å². The fourth-order valence-electron chi connectivity index (χ4n) is 1.54. The molecule has 1 saturated heterocycles. The minimum atomic E-state index is 0.616. The zero-order valence-electron chi connectivity index (χ0n) is 7.14. The Morgan fingerprint density at radius 2 is 2.45 bits per heavy atom. The smallest absolute Gasteiger partial charge is 0.0589 e. The molecule has 0 aromatic carbocycles. The molecule has 1 aliphatic rings. The highest BCUT2D eigenvalue weighted by Gasteiger charge is 2.15. The number of nitrogens with zero attached hydrogens (tertiary/aromatic N) is 1. The van der Waals surface area contributed by atoms with Crippen LogP contribution >= 0.6 is 0 Å². The highest BCUT2D eigenvalue weighted by molar-refractivity contribution is 4.75. The van der Waals surface area contributed by atoms with Gasteiger partial charge in [0.2, 0.25) is 0 Å². The van der Waals surface area contributed by atoms with E-state index in [1.807, 2.05) is 0 Å². The molecule has 4 N–H and O–H groups in total. The van der Waals surface area contributed by atoms with Gasteiger partial charge in [0.15, 0.2) is 0 Å². The van der Waals surface area contributed by atoms with Crippen LogP contribution in [0.2, 0.25) is 0 Å². The van der Waals surface area contributed by atoms with Crippen molar-refractivity contribution in [2.24, 2.45) is 5.84 Å². The van der Waals surface area contributed by atoms with Crippen LogP contribution in [0.1, 0.15) is 12.8 Å². The van der Waals surface area contributed by atoms with Crippen LogP contribution in [0.3, 0.4) is 0 Å². The van der Waals surface area contributed by atoms with Gasteiger partial charge in [-0.15, -0.1) is 0 Å². The Kier molecular flexibility index (Phi) is 3.79. The monoisotopic (exact) mass is 158 g/mol. The third-order valence-corrected chi connectivity index (χ3v) is 2.12. The van der Waals surface area contributed by atoms with Crippen LogP contribution in [-0.2, 0) is 0 Å². The fraction of sp³-hybridized carbons (Fsp3) is 1.00. The lowest BCUT2D eigenvalue weighted by atomic mass is 10.1. The standard InChI is InChI=1S/C7H18N4/c1-11-4-2-3-7(5-11)9-6-10-8/h7,9-10H,2-6,8H2,1H3. The van der Waals surface area contributed by atoms with Crippen molar-refractivity contribution >= 4 is 0 Å². The van der Waals surface area contributed by atoms with Gasteiger partial charge in [-0.2, -0.15) is 0 Å². The molecule has 0 spiro atoms. The van der Waals surface area contributed by atoms with Gasteiger partial charge in [0, 0.05) is 12.6 Å². The summed E-state index contributed by atoms with van der Waals surface area (Å²) in [6, 6.07) is 0.616. The summed E-state index contributed by atoms with van der Waals surface area (Å²) in [6.07, 6.45) is 2.56. The first-order valence-corrected chi connectivity index (χ1v) is 4.18. The van der Waals surface area contributed by atoms with Crippen molar-refractivity contribution in [2.75, 3.05) is 26.8 Å². The van der Waals surface area contributed by atoms with Crippen LogP contribution in [0, 0.1) is 0 Å². The predicted octanol–water partition coefficient (Wildman–Crippen LogP) is -0.909. The lowest BCUT2D eigenvalue weighted by Crippen LogP contribution is -2.47. The maximum absolute atomic E-state index is 5.15. The third-order valence-electron chi connectivity index (χ3n) is 2.12. The Morgan fingerprint density at radius 3 is 3.09 bits per heavy atom. The van der Waals surface area contributed by atoms with E-state index in [9.17, 15) is 0 Å². The summed E-state index contributed by atoms with van der Waals surface area (Å²) in [4.78, 5) is 2.34. The van der Waals surface area contributed by atoms with Gasteiger partial charge in [-0.3, -0.25) is 11.2 Å². The summed E-state index contributed by atoms with van der Waals surface area (Å²) in [6.45, 7) is 3.08. The zero-order chi connectivity index (χ0) is 8.10. The summed E-state index contributed by atoms with van der Waals surface area (Å²) in [7, 11) is 2.16. The first kappa shape index (κ1) is 8.93. The average molecular weight is 158 g/mol. The van der Waals surface area contributed by atoms with Gasteiger partial charge in [0.05, 0.1) is 6.67 Å². The van der Waals surface area contributed by atoms with Crippen molar-refractivity contribution in [1.29, 1.82) is 0 Å². The van der Waals surface area contributed by atoms with E-state index in [0.29, 0.717) is 12.7 Å². The molecule has 0 radical (unpaired) electrons. The summed E-state index contributed by atoms with van der Waals surface area (Å²) < 4.78 is 0. The molecule has 1 heterocycles. The predicted molar refractivity (Wildman–Crippen MR) is 45.8 cm³/mol. The molecule has 1 atom stereocenters. The molecule has 0 aromatic rings. The van der Waals surface area contributed by atoms with Crippen LogP contribution in [-0.4, -0.2) is 37.7 Å². The second kappa shape index (κ2) is 4.66. The van der Waals surface area contributed by atoms with E-state index in [1.54, 1.807) is 0 Å². The molecule has 1 rings (SSSR count). The number of piperidine rings is 1. The SMILES string of the molecule is CN1CCCC(NCNN)C1. The Balaban J connectivity index is 2.12. The molecule has 66 valence electrons. The molecule has 0 aliphatic carbocycles. The molecule has 1 fully saturated rings. The minimum absolute atomic E-state index is 0.616. The third kappa shape index (κ3) is 3.16. The molecule has 0 amide bonds. The summed E-state index contributed by atoms with van der Waals surface area (Å²) in [5.74, 6) is 5.15. The van der Waals surface area contributed by atoms with Crippen molar-refractivity contribution in [3.8, 4) is 0 Å². The average Bonchev–Trinajstić information content (AvgIpc) is 2.01. The molecular formula is C7H18N4. The van der Waals surface area contributed by atoms with E-state index in [4.69, 9.17) is 5.84 Å². The number of nitrogens with two attached hydrogens (primary N) is 1. The Hall–Kier alpha value is -0.160. The zero-order valence-corrected chi connectivity index (χ0v) is 7.14. The number of likely N-dealkylation sites (tertiary alicyclic amines) is 1. The first-order valence-electron chi connectivity index (χ1n) is 4.18. The van der Waals surface area contributed by atoms with E-state index in [2.05, 4.69) is 22.7 Å². The van der Waals surface area contributed by atoms with E-state index >= 15 is 0 Å². The Bertz CT molecular complexity index is 107. The van der Waals surface area contributed by atoms with Gasteiger partial charge < -0.3 is 4.90 Å². The van der Waals surface area contributed by atoms with Gasteiger partial charge in [0.1, 0.15) is 0 Å². The largest absolute Gasteiger partial charge is 0.305 e. The van der Waals surface area contributed by atoms with Gasteiger partial charge >= 0.3 is 0 Å². The minimum Gasteiger partial charge on any atom is -0.305 e. The highest BCUT2D eigenvalue weighted by atomic mass is 15.3. The Labute approximate surface area is 68.1 Å². The normalized spacial score (nSPS) is 27.3. The van der Waals surface area contributed by atoms with Crippen molar-refractivity contribution in [3.05, 3.63) is 0 Å². The number of hydrogen-bond acceptors (Lipinski definition) is 4. The molecule has 4 nitrogen and oxygen atoms in total. The summed E-state index contributed by atoms with van der Waals surface area (Å²) in [5.41, 5.74) is 2.60. The van der Waals surface area contributed by atoms with Gasteiger partial charge in [-0.25, -0.2) is 5.43 Å². The topological polar surface area (TPSA) is 53.3 Å². The van der Waals surface area contributed by atoms with Crippen molar-refractivity contribution in [2.45, 2.75) is 18.9 Å². The molecule has 4 heteroatoms. The number of hydrazine groups is 1. The number of likely N-dealkylation sites (N-methyl/N-ethyl adjacent to an activating group) is 1. The quantitative estimate of drug-likeness (QED) is 0.283. The van der Waals surface area contributed by atoms with Crippen molar-refractivity contribution in [1.82, 2.24) is 15.6 Å². The van der Waals surface area contributed by atoms with Crippen LogP contribution in [0.5, 0.6) is 0 Å². The maximum atomic E-state index is 5.15. The number of rotatable bonds is 3. The molecule has 11 heavy (non-hydrogen) atoms. The molecular weight excluding hydrogens is 140 g/mol. The molecule has 0 saturated carbocycles. The lowest BCUT2D eigenvalue weighted by Gasteiger charge is -2.30. The van der Waals surface area contributed by atoms with E-state index < -0.39 is 0 Å². The first-order chi connectivity index (χ1) is 5.33. The Morgan fingerprint density at radius 1 is 1.64 bits per heavy atom. The van der Waals surface area contributed by atoms with Crippen LogP contribution in [0.4, 0.5) is 0 Å². The summed E-state index contributed by atoms with van der Waals surface area (Å²) in [5, 5.41) is 3.32. The molecule has 0 aromatic heterocycles. The second-order valence-electron chi connectivity index (χ2n) is 3.19. The number of nitrogens with one attached hydrogen (secondary N) is 2. The van der Waals surface area contributed by atoms with Crippen LogP contribution < -0.4 is 16.6 Å². The molecule has 1 unspecified atom stereocenters. The maximum Gasteiger partial charge on any atom is 0.0589 e. The van der Waals surface area contributed by atoms with E-state index in [0.717, 1.165) is 6.54 Å². The fourth-order valence-corrected chi connectivity index (χ4v) is 1.54. The van der Waals surface area contributed by atoms with Crippen LogP contribution in [0.15, 0.2) is 0 Å². The van der Waals surface area contributed by atoms with Gasteiger partial charge in [0.25, 0.3) is 0 Å². The van der Waals surface area contributed by atoms with E-state index in [-0.39, 0.29) is 0 Å². The van der Waals surface area contributed by atoms with Gasteiger partial charge in [-0.05, 0) is 26.4 Å². The number of hydrogen-bond donors (Lipinski definition) is 3. The van der Waals surface area contributed by atoms with Crippen LogP contribution in [0.25, 0.3) is 0 Å². The lowest BCUT2D eigenvalue weighted by molar-refractivity contribution is 0.225.